The van der Waals surface area contributed by atoms with Gasteiger partial charge in [0.15, 0.2) is 0 Å². The monoisotopic (exact) mass is 415 g/mol. The molecule has 1 unspecified atom stereocenters. The van der Waals surface area contributed by atoms with E-state index in [1.54, 1.807) is 29.2 Å². The van der Waals surface area contributed by atoms with Crippen molar-refractivity contribution >= 4 is 21.6 Å². The molecular formula is C22H29N3O3S. The second kappa shape index (κ2) is 8.55. The lowest BCUT2D eigenvalue weighted by molar-refractivity contribution is -0.130. The third-order valence-corrected chi connectivity index (χ3v) is 7.35. The number of hydrogen-bond donors (Lipinski definition) is 0. The van der Waals surface area contributed by atoms with Gasteiger partial charge in [0.25, 0.3) is 0 Å². The van der Waals surface area contributed by atoms with Crippen molar-refractivity contribution in [3.8, 4) is 0 Å². The number of carbonyl (C=O) groups is 1. The average Bonchev–Trinajstić information content (AvgIpc) is 3.16. The number of rotatable bonds is 6. The molecule has 0 N–H and O–H groups in total. The molecule has 6 nitrogen and oxygen atoms in total. The van der Waals surface area contributed by atoms with Gasteiger partial charge in [0.05, 0.1) is 4.90 Å². The molecule has 156 valence electrons. The first kappa shape index (κ1) is 21.3. The molecule has 1 atom stereocenters. The van der Waals surface area contributed by atoms with E-state index in [9.17, 15) is 13.2 Å². The molecule has 0 radical (unpaired) electrons. The molecule has 1 amide bonds. The van der Waals surface area contributed by atoms with Gasteiger partial charge in [-0.1, -0.05) is 29.8 Å². The smallest absolute Gasteiger partial charge is 0.245 e. The Kier molecular flexibility index (Phi) is 6.29. The second-order valence-electron chi connectivity index (χ2n) is 7.28. The molecular weight excluding hydrogens is 386 g/mol. The van der Waals surface area contributed by atoms with Crippen molar-refractivity contribution in [2.45, 2.75) is 38.8 Å². The fourth-order valence-corrected chi connectivity index (χ4v) is 5.40. The van der Waals surface area contributed by atoms with E-state index in [0.29, 0.717) is 6.54 Å². The highest BCUT2D eigenvalue weighted by molar-refractivity contribution is 7.89. The summed E-state index contributed by atoms with van der Waals surface area (Å²) < 4.78 is 28.1. The van der Waals surface area contributed by atoms with Crippen LogP contribution in [0.15, 0.2) is 53.4 Å². The number of benzene rings is 2. The molecule has 0 aliphatic carbocycles. The second-order valence-corrected chi connectivity index (χ2v) is 9.17. The summed E-state index contributed by atoms with van der Waals surface area (Å²) in [7, 11) is -3.73. The van der Waals surface area contributed by atoms with Crippen LogP contribution >= 0.6 is 0 Å². The summed E-state index contributed by atoms with van der Waals surface area (Å²) >= 11 is 0. The lowest BCUT2D eigenvalue weighted by Gasteiger charge is -2.30. The van der Waals surface area contributed by atoms with E-state index in [2.05, 4.69) is 18.7 Å². The Balaban J connectivity index is 2.00. The van der Waals surface area contributed by atoms with Gasteiger partial charge in [0, 0.05) is 38.8 Å². The van der Waals surface area contributed by atoms with Crippen LogP contribution in [0, 0.1) is 6.92 Å². The van der Waals surface area contributed by atoms with Gasteiger partial charge in [-0.25, -0.2) is 8.42 Å². The summed E-state index contributed by atoms with van der Waals surface area (Å²) in [6.07, 6.45) is -0.635. The normalized spacial score (nSPS) is 17.5. The van der Waals surface area contributed by atoms with Gasteiger partial charge in [-0.05, 0) is 50.6 Å². The van der Waals surface area contributed by atoms with Crippen molar-refractivity contribution in [1.82, 2.24) is 9.21 Å². The third-order valence-electron chi connectivity index (χ3n) is 5.48. The first-order chi connectivity index (χ1) is 13.8. The van der Waals surface area contributed by atoms with Crippen molar-refractivity contribution < 1.29 is 13.2 Å². The van der Waals surface area contributed by atoms with Gasteiger partial charge in [0.2, 0.25) is 15.9 Å². The molecule has 1 fully saturated rings. The third kappa shape index (κ3) is 4.16. The summed E-state index contributed by atoms with van der Waals surface area (Å²) in [4.78, 5) is 16.3. The largest absolute Gasteiger partial charge is 0.372 e. The minimum absolute atomic E-state index is 0.135. The molecule has 0 spiro atoms. The lowest BCUT2D eigenvalue weighted by atomic mass is 10.1. The molecule has 0 aromatic heterocycles. The van der Waals surface area contributed by atoms with E-state index in [4.69, 9.17) is 0 Å². The maximum atomic E-state index is 13.3. The first-order valence-corrected chi connectivity index (χ1v) is 11.4. The Labute approximate surface area is 173 Å². The van der Waals surface area contributed by atoms with Gasteiger partial charge in [-0.3, -0.25) is 4.79 Å². The molecule has 29 heavy (non-hydrogen) atoms. The molecule has 0 bridgehead atoms. The summed E-state index contributed by atoms with van der Waals surface area (Å²) in [5.41, 5.74) is 2.88. The summed E-state index contributed by atoms with van der Waals surface area (Å²) in [5.74, 6) is -0.135. The zero-order valence-corrected chi connectivity index (χ0v) is 18.3. The Morgan fingerprint density at radius 2 is 1.59 bits per heavy atom. The highest BCUT2D eigenvalue weighted by atomic mass is 32.2. The Morgan fingerprint density at radius 1 is 1.00 bits per heavy atom. The molecule has 2 aromatic rings. The minimum atomic E-state index is -3.73. The van der Waals surface area contributed by atoms with Crippen LogP contribution in [0.3, 0.4) is 0 Å². The van der Waals surface area contributed by atoms with Gasteiger partial charge in [-0.15, -0.1) is 0 Å². The average molecular weight is 416 g/mol. The van der Waals surface area contributed by atoms with Crippen molar-refractivity contribution in [1.29, 1.82) is 0 Å². The highest BCUT2D eigenvalue weighted by Gasteiger charge is 2.42. The molecule has 0 saturated carbocycles. The van der Waals surface area contributed by atoms with Crippen LogP contribution in [0.5, 0.6) is 0 Å². The topological polar surface area (TPSA) is 60.9 Å². The molecule has 1 heterocycles. The van der Waals surface area contributed by atoms with Crippen molar-refractivity contribution in [3.05, 3.63) is 59.7 Å². The lowest BCUT2D eigenvalue weighted by Crippen LogP contribution is -2.37. The van der Waals surface area contributed by atoms with Crippen LogP contribution in [-0.2, 0) is 14.8 Å². The Bertz CT molecular complexity index is 952. The minimum Gasteiger partial charge on any atom is -0.372 e. The molecule has 1 aliphatic rings. The zero-order valence-electron chi connectivity index (χ0n) is 17.5. The first-order valence-electron chi connectivity index (χ1n) is 10.00. The van der Waals surface area contributed by atoms with E-state index in [-0.39, 0.29) is 17.3 Å². The van der Waals surface area contributed by atoms with Crippen LogP contribution in [-0.4, -0.2) is 49.7 Å². The van der Waals surface area contributed by atoms with Crippen molar-refractivity contribution in [3.63, 3.8) is 0 Å². The van der Waals surface area contributed by atoms with E-state index in [0.717, 1.165) is 29.9 Å². The molecule has 1 saturated heterocycles. The van der Waals surface area contributed by atoms with Crippen LogP contribution in [0.1, 0.15) is 38.1 Å². The van der Waals surface area contributed by atoms with E-state index < -0.39 is 16.2 Å². The predicted molar refractivity (Wildman–Crippen MR) is 115 cm³/mol. The van der Waals surface area contributed by atoms with Gasteiger partial charge < -0.3 is 9.80 Å². The van der Waals surface area contributed by atoms with E-state index >= 15 is 0 Å². The van der Waals surface area contributed by atoms with Gasteiger partial charge in [-0.2, -0.15) is 4.31 Å². The quantitative estimate of drug-likeness (QED) is 0.726. The zero-order chi connectivity index (χ0) is 21.2. The summed E-state index contributed by atoms with van der Waals surface area (Å²) in [6.45, 7) is 10.0. The summed E-state index contributed by atoms with van der Waals surface area (Å²) in [6, 6.07) is 14.7. The van der Waals surface area contributed by atoms with Crippen molar-refractivity contribution in [2.24, 2.45) is 0 Å². The van der Waals surface area contributed by atoms with E-state index in [1.807, 2.05) is 31.2 Å². The van der Waals surface area contributed by atoms with Crippen LogP contribution in [0.25, 0.3) is 0 Å². The Morgan fingerprint density at radius 3 is 2.10 bits per heavy atom. The number of anilines is 1. The number of carbonyl (C=O) groups excluding carboxylic acids is 1. The maximum absolute atomic E-state index is 13.3. The number of nitrogens with zero attached hydrogens (tertiary/aromatic N) is 3. The number of aryl methyl sites for hydroxylation is 1. The van der Waals surface area contributed by atoms with E-state index in [1.165, 1.54) is 11.2 Å². The van der Waals surface area contributed by atoms with Crippen LogP contribution in [0.2, 0.25) is 0 Å². The highest BCUT2D eigenvalue weighted by Crippen LogP contribution is 2.35. The van der Waals surface area contributed by atoms with Crippen molar-refractivity contribution in [2.75, 3.05) is 31.1 Å². The number of sulfonamides is 1. The maximum Gasteiger partial charge on any atom is 0.245 e. The van der Waals surface area contributed by atoms with Crippen LogP contribution < -0.4 is 4.90 Å². The summed E-state index contributed by atoms with van der Waals surface area (Å²) in [5, 5.41) is 0. The predicted octanol–water partition coefficient (Wildman–Crippen LogP) is 3.39. The van der Waals surface area contributed by atoms with Gasteiger partial charge >= 0.3 is 0 Å². The SMILES string of the molecule is CCN(CC)c1ccc(C2N(C(C)=O)CCN2S(=O)(=O)c2ccc(C)cc2)cc1. The fourth-order valence-electron chi connectivity index (χ4n) is 3.83. The fraction of sp³-hybridized carbons (Fsp3) is 0.409. The molecule has 1 aliphatic heterocycles. The Hall–Kier alpha value is -2.38. The van der Waals surface area contributed by atoms with Crippen LogP contribution in [0.4, 0.5) is 5.69 Å². The molecule has 3 rings (SSSR count). The number of hydrogen-bond acceptors (Lipinski definition) is 4. The molecule has 7 heteroatoms. The number of amides is 1. The molecule has 2 aromatic carbocycles. The van der Waals surface area contributed by atoms with Gasteiger partial charge in [0.1, 0.15) is 6.17 Å². The standard InChI is InChI=1S/C22H29N3O3S/c1-5-23(6-2)20-11-9-19(10-12-20)22-24(18(4)26)15-16-25(22)29(27,28)21-13-7-17(3)8-14-21/h7-14,22H,5-6,15-16H2,1-4H3.